The molecule has 0 radical (unpaired) electrons. The third-order valence-electron chi connectivity index (χ3n) is 3.41. The van der Waals surface area contributed by atoms with Crippen LogP contribution in [0.1, 0.15) is 15.4 Å². The second-order valence-electron chi connectivity index (χ2n) is 4.79. The first-order valence-electron chi connectivity index (χ1n) is 6.69. The van der Waals surface area contributed by atoms with Crippen LogP contribution in [0.25, 0.3) is 0 Å². The minimum Gasteiger partial charge on any atom is -0.375 e. The maximum Gasteiger partial charge on any atom is 0.266 e. The monoisotopic (exact) mass is 304 g/mol. The fraction of sp³-hybridized carbons (Fsp3) is 0.385. The Balaban J connectivity index is 1.66. The molecule has 2 N–H and O–H groups in total. The number of thiazole rings is 1. The van der Waals surface area contributed by atoms with E-state index in [2.05, 4.69) is 19.9 Å². The van der Waals surface area contributed by atoms with Crippen LogP contribution in [0.3, 0.4) is 0 Å². The predicted octanol–water partition coefficient (Wildman–Crippen LogP) is 0.786. The second kappa shape index (κ2) is 5.65. The van der Waals surface area contributed by atoms with Crippen molar-refractivity contribution in [2.75, 3.05) is 36.8 Å². The minimum atomic E-state index is 0.00956. The van der Waals surface area contributed by atoms with Crippen molar-refractivity contribution in [2.24, 2.45) is 0 Å². The Morgan fingerprint density at radius 1 is 1.24 bits per heavy atom. The van der Waals surface area contributed by atoms with Crippen LogP contribution < -0.4 is 10.6 Å². The van der Waals surface area contributed by atoms with Crippen molar-refractivity contribution in [1.82, 2.24) is 19.9 Å². The van der Waals surface area contributed by atoms with Gasteiger partial charge in [-0.15, -0.1) is 0 Å². The highest BCUT2D eigenvalue weighted by molar-refractivity contribution is 7.17. The molecule has 110 valence electrons. The van der Waals surface area contributed by atoms with E-state index in [0.29, 0.717) is 34.7 Å². The van der Waals surface area contributed by atoms with Gasteiger partial charge in [-0.05, 0) is 13.0 Å². The summed E-state index contributed by atoms with van der Waals surface area (Å²) in [6.45, 7) is 4.56. The molecule has 1 saturated heterocycles. The van der Waals surface area contributed by atoms with Gasteiger partial charge in [0.1, 0.15) is 4.88 Å². The average molecular weight is 304 g/mol. The van der Waals surface area contributed by atoms with Gasteiger partial charge in [-0.25, -0.2) is 15.0 Å². The van der Waals surface area contributed by atoms with Gasteiger partial charge in [-0.1, -0.05) is 11.3 Å². The Morgan fingerprint density at radius 2 is 1.90 bits per heavy atom. The normalized spacial score (nSPS) is 15.3. The Hall–Kier alpha value is -2.22. The van der Waals surface area contributed by atoms with E-state index in [1.54, 1.807) is 18.5 Å². The molecule has 3 rings (SSSR count). The zero-order valence-electron chi connectivity index (χ0n) is 11.7. The Morgan fingerprint density at radius 3 is 2.48 bits per heavy atom. The lowest BCUT2D eigenvalue weighted by atomic mass is 10.3. The van der Waals surface area contributed by atoms with Gasteiger partial charge in [0.2, 0.25) is 5.95 Å². The summed E-state index contributed by atoms with van der Waals surface area (Å²) in [6, 6.07) is 1.79. The molecule has 0 spiro atoms. The standard InChI is InChI=1S/C13H16N6OS/c1-9-10(21-12(14)17-9)11(20)18-5-7-19(8-6-18)13-15-3-2-4-16-13/h2-4H,5-8H2,1H3,(H2,14,17). The number of amides is 1. The van der Waals surface area contributed by atoms with E-state index in [4.69, 9.17) is 5.73 Å². The molecule has 0 saturated carbocycles. The highest BCUT2D eigenvalue weighted by atomic mass is 32.1. The van der Waals surface area contributed by atoms with Crippen molar-refractivity contribution in [2.45, 2.75) is 6.92 Å². The van der Waals surface area contributed by atoms with Crippen molar-refractivity contribution in [3.05, 3.63) is 29.0 Å². The summed E-state index contributed by atoms with van der Waals surface area (Å²) in [5.41, 5.74) is 6.36. The molecule has 1 aliphatic heterocycles. The van der Waals surface area contributed by atoms with Crippen LogP contribution in [0.2, 0.25) is 0 Å². The van der Waals surface area contributed by atoms with Crippen molar-refractivity contribution < 1.29 is 4.79 Å². The number of nitrogen functional groups attached to an aromatic ring is 1. The topological polar surface area (TPSA) is 88.2 Å². The smallest absolute Gasteiger partial charge is 0.266 e. The molecule has 0 unspecified atom stereocenters. The van der Waals surface area contributed by atoms with Gasteiger partial charge in [-0.2, -0.15) is 0 Å². The highest BCUT2D eigenvalue weighted by Crippen LogP contribution is 2.22. The minimum absolute atomic E-state index is 0.00956. The van der Waals surface area contributed by atoms with Crippen LogP contribution in [-0.4, -0.2) is 51.9 Å². The molecule has 8 heteroatoms. The summed E-state index contributed by atoms with van der Waals surface area (Å²) in [4.78, 5) is 29.6. The van der Waals surface area contributed by atoms with E-state index in [1.165, 1.54) is 11.3 Å². The number of carbonyl (C=O) groups is 1. The third kappa shape index (κ3) is 2.80. The quantitative estimate of drug-likeness (QED) is 0.882. The van der Waals surface area contributed by atoms with Crippen molar-refractivity contribution in [1.29, 1.82) is 0 Å². The first-order valence-corrected chi connectivity index (χ1v) is 7.51. The zero-order chi connectivity index (χ0) is 14.8. The lowest BCUT2D eigenvalue weighted by Gasteiger charge is -2.34. The summed E-state index contributed by atoms with van der Waals surface area (Å²) >= 11 is 1.25. The molecule has 1 aliphatic rings. The number of nitrogens with zero attached hydrogens (tertiary/aromatic N) is 5. The molecule has 3 heterocycles. The Bertz CT molecular complexity index is 635. The second-order valence-corrected chi connectivity index (χ2v) is 5.83. The van der Waals surface area contributed by atoms with Crippen molar-refractivity contribution in [3.63, 3.8) is 0 Å². The number of aryl methyl sites for hydroxylation is 1. The zero-order valence-corrected chi connectivity index (χ0v) is 12.5. The summed E-state index contributed by atoms with van der Waals surface area (Å²) in [7, 11) is 0. The van der Waals surface area contributed by atoms with E-state index in [-0.39, 0.29) is 5.91 Å². The van der Waals surface area contributed by atoms with Crippen LogP contribution in [-0.2, 0) is 0 Å². The molecule has 2 aromatic heterocycles. The fourth-order valence-corrected chi connectivity index (χ4v) is 3.12. The SMILES string of the molecule is Cc1nc(N)sc1C(=O)N1CCN(c2ncccn2)CC1. The molecular formula is C13H16N6OS. The number of carbonyl (C=O) groups excluding carboxylic acids is 1. The van der Waals surface area contributed by atoms with E-state index < -0.39 is 0 Å². The number of piperazine rings is 1. The third-order valence-corrected chi connectivity index (χ3v) is 4.38. The number of aromatic nitrogens is 3. The molecule has 1 amide bonds. The summed E-state index contributed by atoms with van der Waals surface area (Å²) < 4.78 is 0. The van der Waals surface area contributed by atoms with Crippen LogP contribution in [0, 0.1) is 6.92 Å². The van der Waals surface area contributed by atoms with E-state index in [1.807, 2.05) is 11.8 Å². The maximum absolute atomic E-state index is 12.5. The molecule has 0 bridgehead atoms. The van der Waals surface area contributed by atoms with Gasteiger partial charge in [-0.3, -0.25) is 4.79 Å². The number of hydrogen-bond acceptors (Lipinski definition) is 7. The lowest BCUT2D eigenvalue weighted by molar-refractivity contribution is 0.0750. The molecule has 0 aromatic carbocycles. The van der Waals surface area contributed by atoms with Gasteiger partial charge in [0.25, 0.3) is 5.91 Å². The van der Waals surface area contributed by atoms with Gasteiger partial charge in [0.15, 0.2) is 5.13 Å². The molecule has 0 atom stereocenters. The summed E-state index contributed by atoms with van der Waals surface area (Å²) in [5, 5.41) is 0.437. The van der Waals surface area contributed by atoms with Crippen LogP contribution >= 0.6 is 11.3 Å². The van der Waals surface area contributed by atoms with E-state index >= 15 is 0 Å². The number of nitrogens with two attached hydrogens (primary N) is 1. The van der Waals surface area contributed by atoms with Crippen molar-refractivity contribution >= 4 is 28.3 Å². The van der Waals surface area contributed by atoms with Crippen LogP contribution in [0.15, 0.2) is 18.5 Å². The Kier molecular flexibility index (Phi) is 3.70. The predicted molar refractivity (Wildman–Crippen MR) is 81.4 cm³/mol. The van der Waals surface area contributed by atoms with Crippen LogP contribution in [0.5, 0.6) is 0 Å². The molecule has 2 aromatic rings. The Labute approximate surface area is 126 Å². The van der Waals surface area contributed by atoms with Crippen LogP contribution in [0.4, 0.5) is 11.1 Å². The van der Waals surface area contributed by atoms with Gasteiger partial charge in [0.05, 0.1) is 5.69 Å². The van der Waals surface area contributed by atoms with E-state index in [9.17, 15) is 4.79 Å². The van der Waals surface area contributed by atoms with Gasteiger partial charge in [0, 0.05) is 38.6 Å². The van der Waals surface area contributed by atoms with Gasteiger partial charge >= 0.3 is 0 Å². The van der Waals surface area contributed by atoms with Crippen molar-refractivity contribution in [3.8, 4) is 0 Å². The fourth-order valence-electron chi connectivity index (χ4n) is 2.32. The van der Waals surface area contributed by atoms with Gasteiger partial charge < -0.3 is 15.5 Å². The molecule has 21 heavy (non-hydrogen) atoms. The number of anilines is 2. The largest absolute Gasteiger partial charge is 0.375 e. The lowest BCUT2D eigenvalue weighted by Crippen LogP contribution is -2.49. The van der Waals surface area contributed by atoms with E-state index in [0.717, 1.165) is 13.1 Å². The number of rotatable bonds is 2. The average Bonchev–Trinajstić information content (AvgIpc) is 2.86. The molecule has 7 nitrogen and oxygen atoms in total. The number of hydrogen-bond donors (Lipinski definition) is 1. The molecule has 1 fully saturated rings. The summed E-state index contributed by atoms with van der Waals surface area (Å²) in [5.74, 6) is 0.721. The first-order chi connectivity index (χ1) is 10.1. The summed E-state index contributed by atoms with van der Waals surface area (Å²) in [6.07, 6.45) is 3.45. The first kappa shape index (κ1) is 13.7. The molecule has 0 aliphatic carbocycles. The molecular weight excluding hydrogens is 288 g/mol. The highest BCUT2D eigenvalue weighted by Gasteiger charge is 2.25. The maximum atomic E-state index is 12.5.